The fourth-order valence-electron chi connectivity index (χ4n) is 7.50. The number of carbonyl (C=O) groups excluding carboxylic acids is 1. The predicted octanol–water partition coefficient (Wildman–Crippen LogP) is 9.64. The van der Waals surface area contributed by atoms with Crippen molar-refractivity contribution in [3.63, 3.8) is 0 Å². The van der Waals surface area contributed by atoms with Gasteiger partial charge in [0.25, 0.3) is 0 Å². The highest BCUT2D eigenvalue weighted by Crippen LogP contribution is 2.59. The van der Waals surface area contributed by atoms with Gasteiger partial charge in [-0.15, -0.1) is 0 Å². The highest BCUT2D eigenvalue weighted by Gasteiger charge is 2.47. The maximum Gasteiger partial charge on any atom is 0.150 e. The Morgan fingerprint density at radius 3 is 1.76 bits per heavy atom. The predicted molar refractivity (Wildman–Crippen MR) is 171 cm³/mol. The number of rotatable bonds is 4. The molecular formula is C41H30O. The fourth-order valence-corrected chi connectivity index (χ4v) is 7.50. The molecule has 6 aromatic carbocycles. The van der Waals surface area contributed by atoms with E-state index < -0.39 is 5.41 Å². The molecule has 2 aliphatic carbocycles. The van der Waals surface area contributed by atoms with E-state index in [1.165, 1.54) is 72.3 Å². The zero-order chi connectivity index (χ0) is 28.4. The Morgan fingerprint density at radius 2 is 1.12 bits per heavy atom. The number of fused-ring (bicyclic) bond motifs is 6. The molecule has 6 aromatic rings. The van der Waals surface area contributed by atoms with Crippen molar-refractivity contribution in [2.75, 3.05) is 0 Å². The number of hydrogen-bond acceptors (Lipinski definition) is 1. The van der Waals surface area contributed by atoms with Crippen LogP contribution in [0.4, 0.5) is 0 Å². The quantitative estimate of drug-likeness (QED) is 0.204. The lowest BCUT2D eigenvalue weighted by molar-refractivity contribution is 0.112. The molecule has 0 saturated carbocycles. The van der Waals surface area contributed by atoms with Crippen LogP contribution in [-0.4, -0.2) is 6.29 Å². The van der Waals surface area contributed by atoms with Gasteiger partial charge in [-0.25, -0.2) is 0 Å². The van der Waals surface area contributed by atoms with Crippen molar-refractivity contribution in [1.82, 2.24) is 0 Å². The first kappa shape index (κ1) is 24.8. The van der Waals surface area contributed by atoms with E-state index in [1.54, 1.807) is 0 Å². The molecule has 0 aromatic heterocycles. The molecule has 1 unspecified atom stereocenters. The fraction of sp³-hybridized carbons (Fsp3) is 0.0976. The van der Waals surface area contributed by atoms with Crippen molar-refractivity contribution < 1.29 is 4.79 Å². The van der Waals surface area contributed by atoms with E-state index in [1.807, 2.05) is 12.1 Å². The number of benzene rings is 6. The Bertz CT molecular complexity index is 1950. The Balaban J connectivity index is 1.46. The van der Waals surface area contributed by atoms with E-state index in [4.69, 9.17) is 0 Å². The van der Waals surface area contributed by atoms with E-state index in [0.717, 1.165) is 6.29 Å². The number of carbonyl (C=O) groups is 1. The van der Waals surface area contributed by atoms with Crippen LogP contribution in [0.2, 0.25) is 0 Å². The highest BCUT2D eigenvalue weighted by atomic mass is 16.1. The SMILES string of the molecule is Cc1ccc(C2(c3ccc(C)cc3)c3ccccc3-c3cc4c(cc32)-c2ccccc2C4c2ccc(C=O)cc2)cc1. The van der Waals surface area contributed by atoms with Gasteiger partial charge < -0.3 is 0 Å². The number of aryl methyl sites for hydroxylation is 2. The van der Waals surface area contributed by atoms with Crippen LogP contribution in [0.1, 0.15) is 66.3 Å². The first-order chi connectivity index (χ1) is 20.6. The minimum absolute atomic E-state index is 0.114. The lowest BCUT2D eigenvalue weighted by Gasteiger charge is -2.34. The topological polar surface area (TPSA) is 17.1 Å². The van der Waals surface area contributed by atoms with Gasteiger partial charge in [0, 0.05) is 11.5 Å². The zero-order valence-electron chi connectivity index (χ0n) is 23.8. The van der Waals surface area contributed by atoms with Gasteiger partial charge in [-0.05, 0) is 87.2 Å². The Labute approximate surface area is 247 Å². The minimum Gasteiger partial charge on any atom is -0.298 e. The molecule has 1 nitrogen and oxygen atoms in total. The molecule has 0 heterocycles. The van der Waals surface area contributed by atoms with Crippen LogP contribution in [0.5, 0.6) is 0 Å². The Kier molecular flexibility index (Phi) is 5.46. The molecule has 2 aliphatic rings. The smallest absolute Gasteiger partial charge is 0.150 e. The van der Waals surface area contributed by atoms with Crippen LogP contribution in [0.15, 0.2) is 133 Å². The molecule has 0 aliphatic heterocycles. The maximum atomic E-state index is 11.4. The van der Waals surface area contributed by atoms with Gasteiger partial charge in [0.15, 0.2) is 0 Å². The summed E-state index contributed by atoms with van der Waals surface area (Å²) < 4.78 is 0. The van der Waals surface area contributed by atoms with Crippen LogP contribution in [-0.2, 0) is 5.41 Å². The summed E-state index contributed by atoms with van der Waals surface area (Å²) in [5.41, 5.74) is 17.1. The van der Waals surface area contributed by atoms with Crippen molar-refractivity contribution in [1.29, 1.82) is 0 Å². The third kappa shape index (κ3) is 3.40. The summed E-state index contributed by atoms with van der Waals surface area (Å²) >= 11 is 0. The largest absolute Gasteiger partial charge is 0.298 e. The Morgan fingerprint density at radius 1 is 0.524 bits per heavy atom. The first-order valence-corrected chi connectivity index (χ1v) is 14.7. The third-order valence-corrected chi connectivity index (χ3v) is 9.46. The van der Waals surface area contributed by atoms with Crippen LogP contribution in [0.3, 0.4) is 0 Å². The van der Waals surface area contributed by atoms with Gasteiger partial charge >= 0.3 is 0 Å². The van der Waals surface area contributed by atoms with Gasteiger partial charge in [-0.3, -0.25) is 4.79 Å². The van der Waals surface area contributed by atoms with Gasteiger partial charge in [0.1, 0.15) is 6.29 Å². The van der Waals surface area contributed by atoms with E-state index in [0.29, 0.717) is 5.56 Å². The van der Waals surface area contributed by atoms with E-state index in [-0.39, 0.29) is 5.92 Å². The van der Waals surface area contributed by atoms with Gasteiger partial charge in [-0.1, -0.05) is 132 Å². The van der Waals surface area contributed by atoms with E-state index in [9.17, 15) is 4.79 Å². The summed E-state index contributed by atoms with van der Waals surface area (Å²) in [6, 6.07) is 49.1. The molecule has 200 valence electrons. The average Bonchev–Trinajstić information content (AvgIpc) is 3.51. The number of aldehydes is 1. The molecular weight excluding hydrogens is 508 g/mol. The van der Waals surface area contributed by atoms with Gasteiger partial charge in [0.05, 0.1) is 5.41 Å². The second-order valence-electron chi connectivity index (χ2n) is 11.8. The molecule has 8 rings (SSSR count). The van der Waals surface area contributed by atoms with Crippen LogP contribution >= 0.6 is 0 Å². The van der Waals surface area contributed by atoms with Crippen molar-refractivity contribution in [2.45, 2.75) is 25.2 Å². The lowest BCUT2D eigenvalue weighted by atomic mass is 9.67. The van der Waals surface area contributed by atoms with Gasteiger partial charge in [0.2, 0.25) is 0 Å². The third-order valence-electron chi connectivity index (χ3n) is 9.46. The van der Waals surface area contributed by atoms with Gasteiger partial charge in [-0.2, -0.15) is 0 Å². The molecule has 1 atom stereocenters. The molecule has 1 heteroatoms. The van der Waals surface area contributed by atoms with Crippen LogP contribution in [0, 0.1) is 13.8 Å². The number of hydrogen-bond donors (Lipinski definition) is 0. The second kappa shape index (κ2) is 9.26. The van der Waals surface area contributed by atoms with Crippen LogP contribution in [0.25, 0.3) is 22.3 Å². The van der Waals surface area contributed by atoms with Crippen LogP contribution < -0.4 is 0 Å². The summed E-state index contributed by atoms with van der Waals surface area (Å²) in [5, 5.41) is 0. The molecule has 0 spiro atoms. The van der Waals surface area contributed by atoms with Crippen molar-refractivity contribution in [3.8, 4) is 22.3 Å². The van der Waals surface area contributed by atoms with E-state index >= 15 is 0 Å². The molecule has 42 heavy (non-hydrogen) atoms. The molecule has 0 radical (unpaired) electrons. The summed E-state index contributed by atoms with van der Waals surface area (Å²) in [6.07, 6.45) is 0.917. The first-order valence-electron chi connectivity index (χ1n) is 14.7. The van der Waals surface area contributed by atoms with Crippen molar-refractivity contribution in [3.05, 3.63) is 189 Å². The van der Waals surface area contributed by atoms with E-state index in [2.05, 4.69) is 135 Å². The minimum atomic E-state index is -0.430. The maximum absolute atomic E-state index is 11.4. The molecule has 0 bridgehead atoms. The zero-order valence-corrected chi connectivity index (χ0v) is 23.8. The Hall–Kier alpha value is -5.01. The summed E-state index contributed by atoms with van der Waals surface area (Å²) in [6.45, 7) is 4.31. The molecule has 0 N–H and O–H groups in total. The monoisotopic (exact) mass is 538 g/mol. The summed E-state index contributed by atoms with van der Waals surface area (Å²) in [5.74, 6) is 0.114. The molecule has 0 amide bonds. The molecule has 0 fully saturated rings. The standard InChI is InChI=1S/C41H30O/c1-26-11-19-30(20-12-26)41(31-21-13-27(2)14-22-31)38-10-6-5-8-33(38)36-23-37-35(24-39(36)41)32-7-3-4-9-34(32)40(37)29-17-15-28(25-42)16-18-29/h3-25,40H,1-2H3. The summed E-state index contributed by atoms with van der Waals surface area (Å²) in [7, 11) is 0. The highest BCUT2D eigenvalue weighted by molar-refractivity contribution is 5.92. The molecule has 0 saturated heterocycles. The van der Waals surface area contributed by atoms with Crippen molar-refractivity contribution in [2.24, 2.45) is 0 Å². The lowest BCUT2D eigenvalue weighted by Crippen LogP contribution is -2.28. The van der Waals surface area contributed by atoms with Crippen molar-refractivity contribution >= 4 is 6.29 Å². The average molecular weight is 539 g/mol. The second-order valence-corrected chi connectivity index (χ2v) is 11.8. The normalized spacial score (nSPS) is 15.4. The summed E-state index contributed by atoms with van der Waals surface area (Å²) in [4.78, 5) is 11.4.